The van der Waals surface area contributed by atoms with E-state index in [2.05, 4.69) is 52.9 Å². The maximum absolute atomic E-state index is 12.0. The van der Waals surface area contributed by atoms with Gasteiger partial charge in [0.1, 0.15) is 6.10 Å². The minimum atomic E-state index is -1.88. The average molecular weight is 467 g/mol. The van der Waals surface area contributed by atoms with Gasteiger partial charge in [0.15, 0.2) is 14.6 Å². The van der Waals surface area contributed by atoms with Crippen molar-refractivity contribution < 1.29 is 23.4 Å². The zero-order valence-corrected chi connectivity index (χ0v) is 22.2. The van der Waals surface area contributed by atoms with E-state index in [-0.39, 0.29) is 47.4 Å². The normalized spacial score (nSPS) is 32.3. The van der Waals surface area contributed by atoms with Gasteiger partial charge in [0.25, 0.3) is 0 Å². The second-order valence-corrected chi connectivity index (χ2v) is 16.2. The minimum Gasteiger partial charge on any atom is -0.462 e. The first-order chi connectivity index (χ1) is 15.1. The van der Waals surface area contributed by atoms with E-state index < -0.39 is 8.32 Å². The third kappa shape index (κ3) is 6.68. The van der Waals surface area contributed by atoms with E-state index in [0.29, 0.717) is 6.42 Å². The number of esters is 1. The number of carbonyl (C=O) groups is 1. The summed E-state index contributed by atoms with van der Waals surface area (Å²) in [6.45, 7) is 14.6. The van der Waals surface area contributed by atoms with Crippen LogP contribution in [0.4, 0.5) is 0 Å². The molecule has 2 aliphatic heterocycles. The molecular formula is C26H46O5Si. The van der Waals surface area contributed by atoms with Crippen LogP contribution in [0.1, 0.15) is 85.5 Å². The van der Waals surface area contributed by atoms with E-state index in [4.69, 9.17) is 18.6 Å². The van der Waals surface area contributed by atoms with Crippen molar-refractivity contribution in [1.82, 2.24) is 0 Å². The molecule has 2 saturated heterocycles. The molecule has 3 fully saturated rings. The fraction of sp³-hybridized carbons (Fsp3) is 0.885. The minimum absolute atomic E-state index is 0.0226. The molecule has 0 radical (unpaired) electrons. The molecule has 0 bridgehead atoms. The third-order valence-corrected chi connectivity index (χ3v) is 12.4. The number of hydrogen-bond donors (Lipinski definition) is 0. The first kappa shape index (κ1) is 25.9. The van der Waals surface area contributed by atoms with Crippen LogP contribution in [0.3, 0.4) is 0 Å². The van der Waals surface area contributed by atoms with Gasteiger partial charge in [0.2, 0.25) is 0 Å². The van der Waals surface area contributed by atoms with Gasteiger partial charge >= 0.3 is 5.97 Å². The summed E-state index contributed by atoms with van der Waals surface area (Å²) in [4.78, 5) is 12.0. The van der Waals surface area contributed by atoms with Gasteiger partial charge in [0, 0.05) is 24.9 Å². The van der Waals surface area contributed by atoms with Crippen LogP contribution in [0, 0.1) is 11.8 Å². The summed E-state index contributed by atoms with van der Waals surface area (Å²) in [6.07, 6.45) is 13.7. The molecule has 0 aromatic heterocycles. The topological polar surface area (TPSA) is 54.0 Å². The molecule has 32 heavy (non-hydrogen) atoms. The van der Waals surface area contributed by atoms with Gasteiger partial charge in [-0.1, -0.05) is 59.1 Å². The maximum Gasteiger partial charge on any atom is 0.306 e. The van der Waals surface area contributed by atoms with Crippen LogP contribution < -0.4 is 0 Å². The summed E-state index contributed by atoms with van der Waals surface area (Å²) in [5.74, 6) is 0.313. The Morgan fingerprint density at radius 2 is 2.00 bits per heavy atom. The molecule has 3 rings (SSSR count). The van der Waals surface area contributed by atoms with Gasteiger partial charge in [-0.15, -0.1) is 0 Å². The summed E-state index contributed by atoms with van der Waals surface area (Å²) in [7, 11) is -1.88. The van der Waals surface area contributed by atoms with Crippen LogP contribution in [-0.4, -0.2) is 45.5 Å². The van der Waals surface area contributed by atoms with Crippen molar-refractivity contribution >= 4 is 14.3 Å². The Labute approximate surface area is 196 Å². The highest BCUT2D eigenvalue weighted by atomic mass is 28.4. The third-order valence-electron chi connectivity index (χ3n) is 7.91. The van der Waals surface area contributed by atoms with Crippen LogP contribution in [0.5, 0.6) is 0 Å². The molecule has 1 aliphatic carbocycles. The second kappa shape index (κ2) is 11.2. The molecule has 5 nitrogen and oxygen atoms in total. The molecule has 0 aromatic rings. The monoisotopic (exact) mass is 466 g/mol. The van der Waals surface area contributed by atoms with Crippen LogP contribution in [0.25, 0.3) is 0 Å². The lowest BCUT2D eigenvalue weighted by Crippen LogP contribution is -2.43. The van der Waals surface area contributed by atoms with Crippen molar-refractivity contribution in [2.75, 3.05) is 6.61 Å². The van der Waals surface area contributed by atoms with E-state index in [1.807, 2.05) is 0 Å². The van der Waals surface area contributed by atoms with Gasteiger partial charge in [-0.25, -0.2) is 0 Å². The molecule has 2 heterocycles. The van der Waals surface area contributed by atoms with Gasteiger partial charge in [0.05, 0.1) is 18.6 Å². The van der Waals surface area contributed by atoms with Gasteiger partial charge < -0.3 is 18.6 Å². The molecule has 184 valence electrons. The zero-order valence-electron chi connectivity index (χ0n) is 21.2. The maximum atomic E-state index is 12.0. The largest absolute Gasteiger partial charge is 0.462 e. The van der Waals surface area contributed by atoms with Crippen molar-refractivity contribution in [2.24, 2.45) is 11.8 Å². The SMILES string of the molecule is CCCCCC(/C=C/[C@@H]1[C@H]2CC(=O)O[C@H]2C[C@H]1OC1CCCCO1)O[Si](C)(C)C(C)(C)C. The fourth-order valence-corrected chi connectivity index (χ4v) is 6.23. The van der Waals surface area contributed by atoms with Gasteiger partial charge in [-0.3, -0.25) is 4.79 Å². The van der Waals surface area contributed by atoms with E-state index in [1.165, 1.54) is 19.3 Å². The molecule has 2 unspecified atom stereocenters. The summed E-state index contributed by atoms with van der Waals surface area (Å²) in [5, 5.41) is 0.179. The van der Waals surface area contributed by atoms with E-state index >= 15 is 0 Å². The summed E-state index contributed by atoms with van der Waals surface area (Å²) in [6, 6.07) is 0. The molecule has 0 spiro atoms. The van der Waals surface area contributed by atoms with E-state index in [1.54, 1.807) is 0 Å². The van der Waals surface area contributed by atoms with Crippen LogP contribution in [0.15, 0.2) is 12.2 Å². The highest BCUT2D eigenvalue weighted by Gasteiger charge is 2.50. The van der Waals surface area contributed by atoms with Gasteiger partial charge in [-0.2, -0.15) is 0 Å². The Balaban J connectivity index is 1.73. The quantitative estimate of drug-likeness (QED) is 0.162. The number of carbonyl (C=O) groups excluding carboxylic acids is 1. The Morgan fingerprint density at radius 3 is 2.66 bits per heavy atom. The summed E-state index contributed by atoms with van der Waals surface area (Å²) < 4.78 is 24.7. The molecule has 6 atom stereocenters. The molecule has 0 amide bonds. The van der Waals surface area contributed by atoms with Crippen molar-refractivity contribution in [3.63, 3.8) is 0 Å². The van der Waals surface area contributed by atoms with Crippen molar-refractivity contribution in [2.45, 2.75) is 128 Å². The smallest absolute Gasteiger partial charge is 0.306 e. The molecule has 0 N–H and O–H groups in total. The predicted molar refractivity (Wildman–Crippen MR) is 130 cm³/mol. The van der Waals surface area contributed by atoms with Gasteiger partial charge in [-0.05, 0) is 43.8 Å². The highest BCUT2D eigenvalue weighted by molar-refractivity contribution is 6.74. The zero-order chi connectivity index (χ0) is 23.4. The fourth-order valence-electron chi connectivity index (χ4n) is 4.92. The van der Waals surface area contributed by atoms with Crippen molar-refractivity contribution in [3.05, 3.63) is 12.2 Å². The molecule has 6 heteroatoms. The first-order valence-corrected chi connectivity index (χ1v) is 15.8. The van der Waals surface area contributed by atoms with Crippen LogP contribution in [-0.2, 0) is 23.4 Å². The van der Waals surface area contributed by atoms with E-state index in [0.717, 1.165) is 38.7 Å². The van der Waals surface area contributed by atoms with Crippen molar-refractivity contribution in [3.8, 4) is 0 Å². The first-order valence-electron chi connectivity index (χ1n) is 12.9. The predicted octanol–water partition coefficient (Wildman–Crippen LogP) is 6.38. The Bertz CT molecular complexity index is 635. The lowest BCUT2D eigenvalue weighted by atomic mass is 9.91. The summed E-state index contributed by atoms with van der Waals surface area (Å²) >= 11 is 0. The Morgan fingerprint density at radius 1 is 1.22 bits per heavy atom. The number of ether oxygens (including phenoxy) is 3. The highest BCUT2D eigenvalue weighted by Crippen LogP contribution is 2.44. The molecule has 0 aromatic carbocycles. The molecule has 1 saturated carbocycles. The summed E-state index contributed by atoms with van der Waals surface area (Å²) in [5.41, 5.74) is 0. The molecular weight excluding hydrogens is 420 g/mol. The standard InChI is InChI=1S/C26H46O5Si/c1-7-8-9-12-19(31-32(5,6)26(2,3)4)14-15-20-21-17-24(27)29-23(21)18-22(20)30-25-13-10-11-16-28-25/h14-15,19-23,25H,7-13,16-18H2,1-6H3/b15-14+/t19?,20-,21-,22-,23+,25?/m1/s1. The number of unbranched alkanes of at least 4 members (excludes halogenated alkanes) is 2. The number of fused-ring (bicyclic) bond motifs is 1. The van der Waals surface area contributed by atoms with E-state index in [9.17, 15) is 4.79 Å². The second-order valence-electron chi connectivity index (χ2n) is 11.5. The van der Waals surface area contributed by atoms with Crippen molar-refractivity contribution in [1.29, 1.82) is 0 Å². The Kier molecular flexibility index (Phi) is 9.04. The number of hydrogen-bond acceptors (Lipinski definition) is 5. The lowest BCUT2D eigenvalue weighted by Gasteiger charge is -2.39. The van der Waals surface area contributed by atoms with Crippen LogP contribution >= 0.6 is 0 Å². The molecule has 3 aliphatic rings. The number of rotatable bonds is 10. The average Bonchev–Trinajstić information content (AvgIpc) is 3.21. The Hall–Kier alpha value is -0.693. The lowest BCUT2D eigenvalue weighted by molar-refractivity contribution is -0.194. The van der Waals surface area contributed by atoms with Crippen LogP contribution in [0.2, 0.25) is 18.1 Å².